The van der Waals surface area contributed by atoms with Gasteiger partial charge in [-0.3, -0.25) is 14.2 Å². The van der Waals surface area contributed by atoms with E-state index in [4.69, 9.17) is 4.74 Å². The van der Waals surface area contributed by atoms with Gasteiger partial charge in [0.15, 0.2) is 0 Å². The number of carbonyl (C=O) groups is 1. The molecule has 0 amide bonds. The number of hydrogen-bond acceptors (Lipinski definition) is 5. The topological polar surface area (TPSA) is 84.4 Å². The van der Waals surface area contributed by atoms with Crippen molar-refractivity contribution in [2.75, 3.05) is 20.2 Å². The monoisotopic (exact) mass is 413 g/mol. The van der Waals surface area contributed by atoms with Crippen LogP contribution in [0.5, 0.6) is 0 Å². The van der Waals surface area contributed by atoms with Crippen molar-refractivity contribution in [2.45, 2.75) is 69.9 Å². The maximum absolute atomic E-state index is 12.7. The SMILES string of the molecule is COC(=O)c1ccc2c(c1)[nH]c(=O)c(=O)n2C1CCN(C2CCCCCCC2)CC1. The number of benzene rings is 1. The summed E-state index contributed by atoms with van der Waals surface area (Å²) >= 11 is 0. The molecule has 1 aromatic carbocycles. The standard InChI is InChI=1S/C23H31N3O4/c1-30-23(29)16-9-10-20-19(15-16)24-21(27)22(28)26(20)18-11-13-25(14-12-18)17-7-5-3-2-4-6-8-17/h9-10,15,17-18H,2-8,11-14H2,1H3,(H,24,27). The maximum atomic E-state index is 12.7. The van der Waals surface area contributed by atoms with Crippen molar-refractivity contribution in [3.8, 4) is 0 Å². The third-order valence-electron chi connectivity index (χ3n) is 6.79. The third kappa shape index (κ3) is 4.21. The van der Waals surface area contributed by atoms with Gasteiger partial charge in [-0.2, -0.15) is 0 Å². The third-order valence-corrected chi connectivity index (χ3v) is 6.79. The summed E-state index contributed by atoms with van der Waals surface area (Å²) in [5.41, 5.74) is 0.344. The summed E-state index contributed by atoms with van der Waals surface area (Å²) in [5.74, 6) is -0.469. The highest BCUT2D eigenvalue weighted by Crippen LogP contribution is 2.29. The van der Waals surface area contributed by atoms with Crippen molar-refractivity contribution in [2.24, 2.45) is 0 Å². The van der Waals surface area contributed by atoms with Crippen molar-refractivity contribution in [1.29, 1.82) is 0 Å². The van der Waals surface area contributed by atoms with Crippen LogP contribution in [-0.4, -0.2) is 46.7 Å². The van der Waals surface area contributed by atoms with Gasteiger partial charge in [0.2, 0.25) is 0 Å². The highest BCUT2D eigenvalue weighted by molar-refractivity contribution is 5.93. The highest BCUT2D eigenvalue weighted by atomic mass is 16.5. The van der Waals surface area contributed by atoms with Crippen LogP contribution < -0.4 is 11.1 Å². The van der Waals surface area contributed by atoms with E-state index in [-0.39, 0.29) is 6.04 Å². The Morgan fingerprint density at radius 3 is 2.30 bits per heavy atom. The molecule has 1 aliphatic heterocycles. The summed E-state index contributed by atoms with van der Waals surface area (Å²) < 4.78 is 6.41. The Bertz CT molecular complexity index is 1010. The molecule has 2 aromatic rings. The van der Waals surface area contributed by atoms with E-state index in [1.165, 1.54) is 52.1 Å². The molecule has 162 valence electrons. The molecule has 2 heterocycles. The zero-order valence-corrected chi connectivity index (χ0v) is 17.7. The Morgan fingerprint density at radius 2 is 1.63 bits per heavy atom. The van der Waals surface area contributed by atoms with Gasteiger partial charge < -0.3 is 14.6 Å². The van der Waals surface area contributed by atoms with E-state index in [0.717, 1.165) is 25.9 Å². The minimum Gasteiger partial charge on any atom is -0.465 e. The summed E-state index contributed by atoms with van der Waals surface area (Å²) in [6.45, 7) is 1.91. The molecule has 0 atom stereocenters. The molecule has 1 saturated carbocycles. The van der Waals surface area contributed by atoms with Crippen LogP contribution in [0.1, 0.15) is 74.2 Å². The number of fused-ring (bicyclic) bond motifs is 1. The van der Waals surface area contributed by atoms with Crippen LogP contribution in [0.25, 0.3) is 11.0 Å². The second-order valence-electron chi connectivity index (χ2n) is 8.62. The molecule has 0 unspecified atom stereocenters. The van der Waals surface area contributed by atoms with Gasteiger partial charge in [-0.15, -0.1) is 0 Å². The number of rotatable bonds is 3. The lowest BCUT2D eigenvalue weighted by Gasteiger charge is -2.39. The molecule has 1 aromatic heterocycles. The quantitative estimate of drug-likeness (QED) is 0.617. The molecule has 2 fully saturated rings. The van der Waals surface area contributed by atoms with Crippen LogP contribution in [0, 0.1) is 0 Å². The summed E-state index contributed by atoms with van der Waals surface area (Å²) in [5, 5.41) is 0. The van der Waals surface area contributed by atoms with Gasteiger partial charge in [-0.25, -0.2) is 4.79 Å². The molecule has 1 N–H and O–H groups in total. The summed E-state index contributed by atoms with van der Waals surface area (Å²) in [4.78, 5) is 42.1. The predicted octanol–water partition coefficient (Wildman–Crippen LogP) is 3.23. The van der Waals surface area contributed by atoms with Crippen molar-refractivity contribution in [1.82, 2.24) is 14.5 Å². The van der Waals surface area contributed by atoms with Gasteiger partial charge in [0.05, 0.1) is 23.7 Å². The number of likely N-dealkylation sites (tertiary alicyclic amines) is 1. The molecule has 2 aliphatic rings. The van der Waals surface area contributed by atoms with Crippen LogP contribution in [0.4, 0.5) is 0 Å². The number of esters is 1. The first-order valence-corrected chi connectivity index (χ1v) is 11.2. The first-order chi connectivity index (χ1) is 14.6. The number of piperidine rings is 1. The second kappa shape index (κ2) is 9.16. The fraction of sp³-hybridized carbons (Fsp3) is 0.609. The minimum atomic E-state index is -0.646. The minimum absolute atomic E-state index is 0.00363. The van der Waals surface area contributed by atoms with E-state index in [1.54, 1.807) is 22.8 Å². The Balaban J connectivity index is 1.57. The van der Waals surface area contributed by atoms with E-state index in [1.807, 2.05) is 0 Å². The van der Waals surface area contributed by atoms with Crippen LogP contribution in [-0.2, 0) is 4.74 Å². The Kier molecular flexibility index (Phi) is 6.37. The molecule has 7 nitrogen and oxygen atoms in total. The summed E-state index contributed by atoms with van der Waals surface area (Å²) in [6.07, 6.45) is 10.9. The average molecular weight is 414 g/mol. The molecule has 4 rings (SSSR count). The Hall–Kier alpha value is -2.41. The van der Waals surface area contributed by atoms with Crippen molar-refractivity contribution < 1.29 is 9.53 Å². The van der Waals surface area contributed by atoms with Crippen LogP contribution in [0.2, 0.25) is 0 Å². The van der Waals surface area contributed by atoms with Gasteiger partial charge in [0.1, 0.15) is 0 Å². The average Bonchev–Trinajstić information content (AvgIpc) is 2.74. The van der Waals surface area contributed by atoms with E-state index in [0.29, 0.717) is 22.6 Å². The second-order valence-corrected chi connectivity index (χ2v) is 8.62. The number of aromatic nitrogens is 2. The smallest absolute Gasteiger partial charge is 0.337 e. The van der Waals surface area contributed by atoms with E-state index < -0.39 is 17.1 Å². The Morgan fingerprint density at radius 1 is 0.967 bits per heavy atom. The zero-order chi connectivity index (χ0) is 21.1. The van der Waals surface area contributed by atoms with Crippen molar-refractivity contribution in [3.05, 3.63) is 44.5 Å². The fourth-order valence-corrected chi connectivity index (χ4v) is 5.16. The molecule has 1 saturated heterocycles. The van der Waals surface area contributed by atoms with Crippen LogP contribution >= 0.6 is 0 Å². The largest absolute Gasteiger partial charge is 0.465 e. The van der Waals surface area contributed by atoms with Crippen LogP contribution in [0.3, 0.4) is 0 Å². The highest BCUT2D eigenvalue weighted by Gasteiger charge is 2.28. The number of carbonyl (C=O) groups excluding carboxylic acids is 1. The molecule has 7 heteroatoms. The summed E-state index contributed by atoms with van der Waals surface area (Å²) in [7, 11) is 1.32. The lowest BCUT2D eigenvalue weighted by atomic mass is 9.93. The lowest BCUT2D eigenvalue weighted by molar-refractivity contribution is 0.0601. The lowest BCUT2D eigenvalue weighted by Crippen LogP contribution is -2.45. The van der Waals surface area contributed by atoms with E-state index >= 15 is 0 Å². The normalized spacial score (nSPS) is 20.0. The van der Waals surface area contributed by atoms with Gasteiger partial charge in [-0.05, 0) is 43.9 Å². The van der Waals surface area contributed by atoms with Crippen molar-refractivity contribution in [3.63, 3.8) is 0 Å². The van der Waals surface area contributed by atoms with E-state index in [9.17, 15) is 14.4 Å². The first-order valence-electron chi connectivity index (χ1n) is 11.2. The number of methoxy groups -OCH3 is 1. The van der Waals surface area contributed by atoms with Gasteiger partial charge in [0.25, 0.3) is 0 Å². The molecule has 0 radical (unpaired) electrons. The van der Waals surface area contributed by atoms with Gasteiger partial charge in [0, 0.05) is 25.2 Å². The molecule has 30 heavy (non-hydrogen) atoms. The van der Waals surface area contributed by atoms with Gasteiger partial charge in [-0.1, -0.05) is 32.1 Å². The predicted molar refractivity (Wildman–Crippen MR) is 116 cm³/mol. The number of ether oxygens (including phenoxy) is 1. The fourth-order valence-electron chi connectivity index (χ4n) is 5.16. The van der Waals surface area contributed by atoms with Gasteiger partial charge >= 0.3 is 17.1 Å². The van der Waals surface area contributed by atoms with Crippen LogP contribution in [0.15, 0.2) is 27.8 Å². The first kappa shape index (κ1) is 20.8. The molecule has 0 bridgehead atoms. The molecule has 0 spiro atoms. The molecule has 1 aliphatic carbocycles. The zero-order valence-electron chi connectivity index (χ0n) is 17.7. The maximum Gasteiger partial charge on any atom is 0.337 e. The van der Waals surface area contributed by atoms with E-state index in [2.05, 4.69) is 9.88 Å². The number of aromatic amines is 1. The van der Waals surface area contributed by atoms with Crippen molar-refractivity contribution >= 4 is 17.0 Å². The number of H-pyrrole nitrogens is 1. The summed E-state index contributed by atoms with van der Waals surface area (Å²) in [6, 6.07) is 5.62. The number of nitrogens with one attached hydrogen (secondary N) is 1. The molecular weight excluding hydrogens is 382 g/mol. The molecular formula is C23H31N3O4. The number of hydrogen-bond donors (Lipinski definition) is 1. The number of nitrogens with zero attached hydrogens (tertiary/aromatic N) is 2. The Labute approximate surface area is 176 Å².